The summed E-state index contributed by atoms with van der Waals surface area (Å²) in [5.41, 5.74) is 0.485. The molecule has 1 aromatic heterocycles. The fourth-order valence-electron chi connectivity index (χ4n) is 1.73. The standard InChI is InChI=1S/C11H12IN3O2/c1-15-3-2-9(11(15)17)14-10(16)7-4-8(12)6-13-5-7/h4-6,9H,2-3H2,1H3,(H,14,16). The van der Waals surface area contributed by atoms with Gasteiger partial charge in [0.2, 0.25) is 5.91 Å². The Morgan fingerprint density at radius 3 is 2.94 bits per heavy atom. The third-order valence-electron chi connectivity index (χ3n) is 2.70. The van der Waals surface area contributed by atoms with E-state index in [0.29, 0.717) is 18.5 Å². The second-order valence-electron chi connectivity index (χ2n) is 3.97. The van der Waals surface area contributed by atoms with Gasteiger partial charge >= 0.3 is 0 Å². The van der Waals surface area contributed by atoms with E-state index in [-0.39, 0.29) is 11.8 Å². The predicted octanol–water partition coefficient (Wildman–Crippen LogP) is 0.647. The SMILES string of the molecule is CN1CCC(NC(=O)c2cncc(I)c2)C1=O. The van der Waals surface area contributed by atoms with Gasteiger partial charge in [0.25, 0.3) is 5.91 Å². The van der Waals surface area contributed by atoms with Gasteiger partial charge in [0.15, 0.2) is 0 Å². The number of nitrogens with zero attached hydrogens (tertiary/aromatic N) is 2. The summed E-state index contributed by atoms with van der Waals surface area (Å²) in [6.07, 6.45) is 3.84. The van der Waals surface area contributed by atoms with Crippen LogP contribution in [-0.2, 0) is 4.79 Å². The van der Waals surface area contributed by atoms with Crippen LogP contribution < -0.4 is 5.32 Å². The van der Waals surface area contributed by atoms with E-state index in [1.54, 1.807) is 24.2 Å². The van der Waals surface area contributed by atoms with Crippen molar-refractivity contribution in [2.45, 2.75) is 12.5 Å². The summed E-state index contributed by atoms with van der Waals surface area (Å²) in [6, 6.07) is 1.34. The highest BCUT2D eigenvalue weighted by atomic mass is 127. The summed E-state index contributed by atoms with van der Waals surface area (Å²) in [6.45, 7) is 0.689. The average molecular weight is 345 g/mol. The highest BCUT2D eigenvalue weighted by Crippen LogP contribution is 2.10. The first-order chi connectivity index (χ1) is 8.08. The Kier molecular flexibility index (Phi) is 3.60. The van der Waals surface area contributed by atoms with Crippen molar-refractivity contribution in [2.75, 3.05) is 13.6 Å². The van der Waals surface area contributed by atoms with Crippen molar-refractivity contribution in [3.63, 3.8) is 0 Å². The van der Waals surface area contributed by atoms with Gasteiger partial charge in [0.1, 0.15) is 6.04 Å². The van der Waals surface area contributed by atoms with Crippen LogP contribution in [0.15, 0.2) is 18.5 Å². The van der Waals surface area contributed by atoms with Gasteiger partial charge in [0, 0.05) is 29.6 Å². The van der Waals surface area contributed by atoms with Crippen molar-refractivity contribution in [3.05, 3.63) is 27.6 Å². The van der Waals surface area contributed by atoms with E-state index in [2.05, 4.69) is 32.9 Å². The highest BCUT2D eigenvalue weighted by molar-refractivity contribution is 14.1. The van der Waals surface area contributed by atoms with Gasteiger partial charge in [-0.2, -0.15) is 0 Å². The fourth-order valence-corrected chi connectivity index (χ4v) is 2.23. The number of rotatable bonds is 2. The number of carbonyl (C=O) groups excluding carboxylic acids is 2. The topological polar surface area (TPSA) is 62.3 Å². The van der Waals surface area contributed by atoms with Crippen LogP contribution in [-0.4, -0.2) is 41.3 Å². The van der Waals surface area contributed by atoms with E-state index in [0.717, 1.165) is 3.57 Å². The van der Waals surface area contributed by atoms with Crippen LogP contribution in [0.4, 0.5) is 0 Å². The minimum atomic E-state index is -0.398. The lowest BCUT2D eigenvalue weighted by molar-refractivity contribution is -0.128. The Hall–Kier alpha value is -1.18. The van der Waals surface area contributed by atoms with Crippen molar-refractivity contribution >= 4 is 34.4 Å². The van der Waals surface area contributed by atoms with Crippen LogP contribution in [0, 0.1) is 3.57 Å². The number of halogens is 1. The van der Waals surface area contributed by atoms with Gasteiger partial charge in [-0.1, -0.05) is 0 Å². The summed E-state index contributed by atoms with van der Waals surface area (Å²) in [5, 5.41) is 2.73. The third-order valence-corrected chi connectivity index (χ3v) is 3.29. The van der Waals surface area contributed by atoms with Gasteiger partial charge in [-0.05, 0) is 35.1 Å². The van der Waals surface area contributed by atoms with E-state index in [1.165, 1.54) is 6.20 Å². The van der Waals surface area contributed by atoms with Gasteiger partial charge in [0.05, 0.1) is 5.56 Å². The molecule has 0 spiro atoms. The molecule has 2 amide bonds. The van der Waals surface area contributed by atoms with E-state index < -0.39 is 6.04 Å². The Bertz CT molecular complexity index is 464. The smallest absolute Gasteiger partial charge is 0.253 e. The maximum Gasteiger partial charge on any atom is 0.253 e. The van der Waals surface area contributed by atoms with Gasteiger partial charge in [-0.3, -0.25) is 14.6 Å². The number of hydrogen-bond acceptors (Lipinski definition) is 3. The number of amides is 2. The number of likely N-dealkylation sites (N-methyl/N-ethyl adjacent to an activating group) is 1. The highest BCUT2D eigenvalue weighted by Gasteiger charge is 2.30. The summed E-state index contributed by atoms with van der Waals surface area (Å²) < 4.78 is 0.894. The summed E-state index contributed by atoms with van der Waals surface area (Å²) in [4.78, 5) is 29.1. The van der Waals surface area contributed by atoms with Crippen molar-refractivity contribution < 1.29 is 9.59 Å². The van der Waals surface area contributed by atoms with E-state index in [1.807, 2.05) is 0 Å². The molecular weight excluding hydrogens is 333 g/mol. The van der Waals surface area contributed by atoms with Crippen LogP contribution in [0.3, 0.4) is 0 Å². The quantitative estimate of drug-likeness (QED) is 0.801. The Labute approximate surface area is 113 Å². The van der Waals surface area contributed by atoms with Crippen LogP contribution in [0.1, 0.15) is 16.8 Å². The molecule has 2 rings (SSSR count). The molecule has 0 saturated carbocycles. The fraction of sp³-hybridized carbons (Fsp3) is 0.364. The lowest BCUT2D eigenvalue weighted by atomic mass is 10.2. The first-order valence-corrected chi connectivity index (χ1v) is 6.32. The summed E-state index contributed by atoms with van der Waals surface area (Å²) in [7, 11) is 1.74. The third kappa shape index (κ3) is 2.74. The van der Waals surface area contributed by atoms with Crippen LogP contribution >= 0.6 is 22.6 Å². The number of nitrogens with one attached hydrogen (secondary N) is 1. The Morgan fingerprint density at radius 1 is 1.59 bits per heavy atom. The number of likely N-dealkylation sites (tertiary alicyclic amines) is 1. The molecule has 1 aliphatic heterocycles. The predicted molar refractivity (Wildman–Crippen MR) is 70.5 cm³/mol. The summed E-state index contributed by atoms with van der Waals surface area (Å²) in [5.74, 6) is -0.276. The van der Waals surface area contributed by atoms with Gasteiger partial charge < -0.3 is 10.2 Å². The maximum atomic E-state index is 11.9. The minimum absolute atomic E-state index is 0.0306. The zero-order chi connectivity index (χ0) is 12.4. The lowest BCUT2D eigenvalue weighted by Crippen LogP contribution is -2.40. The molecule has 0 aromatic carbocycles. The van der Waals surface area contributed by atoms with Crippen molar-refractivity contribution in [1.82, 2.24) is 15.2 Å². The van der Waals surface area contributed by atoms with Gasteiger partial charge in [-0.15, -0.1) is 0 Å². The lowest BCUT2D eigenvalue weighted by Gasteiger charge is -2.12. The first-order valence-electron chi connectivity index (χ1n) is 5.24. The average Bonchev–Trinajstić information content (AvgIpc) is 2.61. The molecule has 2 heterocycles. The van der Waals surface area contributed by atoms with E-state index in [4.69, 9.17) is 0 Å². The molecule has 90 valence electrons. The molecule has 1 saturated heterocycles. The zero-order valence-corrected chi connectivity index (χ0v) is 11.5. The molecule has 17 heavy (non-hydrogen) atoms. The van der Waals surface area contributed by atoms with Crippen LogP contribution in [0.5, 0.6) is 0 Å². The van der Waals surface area contributed by atoms with Crippen LogP contribution in [0.25, 0.3) is 0 Å². The zero-order valence-electron chi connectivity index (χ0n) is 9.31. The minimum Gasteiger partial charge on any atom is -0.344 e. The Morgan fingerprint density at radius 2 is 2.35 bits per heavy atom. The normalized spacial score (nSPS) is 19.5. The van der Waals surface area contributed by atoms with Crippen molar-refractivity contribution in [2.24, 2.45) is 0 Å². The Balaban J connectivity index is 2.05. The largest absolute Gasteiger partial charge is 0.344 e. The maximum absolute atomic E-state index is 11.9. The molecule has 1 aliphatic rings. The molecule has 1 atom stereocenters. The number of pyridine rings is 1. The first kappa shape index (κ1) is 12.3. The van der Waals surface area contributed by atoms with Crippen LogP contribution in [0.2, 0.25) is 0 Å². The van der Waals surface area contributed by atoms with Crippen molar-refractivity contribution in [1.29, 1.82) is 0 Å². The molecule has 6 heteroatoms. The number of carbonyl (C=O) groups is 2. The summed E-state index contributed by atoms with van der Waals surface area (Å²) >= 11 is 2.09. The second-order valence-corrected chi connectivity index (χ2v) is 5.21. The van der Waals surface area contributed by atoms with E-state index >= 15 is 0 Å². The second kappa shape index (κ2) is 4.99. The molecule has 1 unspecified atom stereocenters. The molecule has 0 radical (unpaired) electrons. The molecule has 1 fully saturated rings. The van der Waals surface area contributed by atoms with Crippen molar-refractivity contribution in [3.8, 4) is 0 Å². The monoisotopic (exact) mass is 345 g/mol. The molecule has 0 bridgehead atoms. The molecule has 1 aromatic rings. The molecule has 5 nitrogen and oxygen atoms in total. The van der Waals surface area contributed by atoms with E-state index in [9.17, 15) is 9.59 Å². The molecule has 0 aliphatic carbocycles. The molecule has 1 N–H and O–H groups in total. The number of hydrogen-bond donors (Lipinski definition) is 1. The number of aromatic nitrogens is 1. The van der Waals surface area contributed by atoms with Gasteiger partial charge in [-0.25, -0.2) is 0 Å². The molecular formula is C11H12IN3O2.